The average molecular weight is 415 g/mol. The maximum absolute atomic E-state index is 12.8. The van der Waals surface area contributed by atoms with Crippen LogP contribution in [0.25, 0.3) is 11.1 Å². The van der Waals surface area contributed by atoms with Crippen molar-refractivity contribution < 1.29 is 4.79 Å². The molecule has 5 nitrogen and oxygen atoms in total. The number of nitrogens with one attached hydrogen (secondary N) is 1. The van der Waals surface area contributed by atoms with E-state index in [1.54, 1.807) is 0 Å². The van der Waals surface area contributed by atoms with Crippen LogP contribution in [0.2, 0.25) is 0 Å². The fraction of sp³-hybridized carbons (Fsp3) is 0.346. The zero-order valence-corrected chi connectivity index (χ0v) is 18.3. The highest BCUT2D eigenvalue weighted by Crippen LogP contribution is 2.23. The second-order valence-electron chi connectivity index (χ2n) is 8.54. The van der Waals surface area contributed by atoms with Crippen molar-refractivity contribution >= 4 is 11.9 Å². The molecule has 1 aromatic heterocycles. The Hall–Kier alpha value is -3.21. The van der Waals surface area contributed by atoms with Crippen molar-refractivity contribution in [1.82, 2.24) is 15.3 Å². The van der Waals surface area contributed by atoms with E-state index in [2.05, 4.69) is 70.4 Å². The lowest BCUT2D eigenvalue weighted by molar-refractivity contribution is -0.125. The molecule has 1 atom stereocenters. The molecular formula is C26H30N4O. The Balaban J connectivity index is 1.34. The zero-order valence-electron chi connectivity index (χ0n) is 18.3. The van der Waals surface area contributed by atoms with Crippen LogP contribution in [-0.2, 0) is 11.3 Å². The molecule has 0 saturated carbocycles. The van der Waals surface area contributed by atoms with E-state index in [9.17, 15) is 4.79 Å². The van der Waals surface area contributed by atoms with E-state index in [0.717, 1.165) is 36.1 Å². The van der Waals surface area contributed by atoms with E-state index in [-0.39, 0.29) is 11.8 Å². The van der Waals surface area contributed by atoms with Gasteiger partial charge in [-0.05, 0) is 35.4 Å². The quantitative estimate of drug-likeness (QED) is 0.629. The fourth-order valence-electron chi connectivity index (χ4n) is 3.99. The first kappa shape index (κ1) is 21.0. The summed E-state index contributed by atoms with van der Waals surface area (Å²) in [6.07, 6.45) is 5.59. The number of benzene rings is 2. The molecule has 5 heteroatoms. The summed E-state index contributed by atoms with van der Waals surface area (Å²) in [5, 5.41) is 3.11. The van der Waals surface area contributed by atoms with E-state index in [4.69, 9.17) is 0 Å². The summed E-state index contributed by atoms with van der Waals surface area (Å²) in [6, 6.07) is 18.6. The number of rotatable bonds is 6. The average Bonchev–Trinajstić information content (AvgIpc) is 2.83. The van der Waals surface area contributed by atoms with Gasteiger partial charge >= 0.3 is 0 Å². The van der Waals surface area contributed by atoms with Gasteiger partial charge in [0.25, 0.3) is 0 Å². The number of hydrogen-bond donors (Lipinski definition) is 1. The van der Waals surface area contributed by atoms with Gasteiger partial charge in [-0.1, -0.05) is 68.4 Å². The molecule has 1 aliphatic rings. The molecule has 3 aromatic rings. The smallest absolute Gasteiger partial charge is 0.225 e. The van der Waals surface area contributed by atoms with Crippen LogP contribution < -0.4 is 10.2 Å². The Bertz CT molecular complexity index is 984. The van der Waals surface area contributed by atoms with Crippen LogP contribution in [-0.4, -0.2) is 29.0 Å². The molecule has 1 N–H and O–H groups in total. The van der Waals surface area contributed by atoms with Crippen LogP contribution in [0.1, 0.15) is 43.7 Å². The number of carbonyl (C=O) groups excluding carboxylic acids is 1. The van der Waals surface area contributed by atoms with E-state index in [1.165, 1.54) is 5.56 Å². The van der Waals surface area contributed by atoms with Gasteiger partial charge in [-0.15, -0.1) is 0 Å². The van der Waals surface area contributed by atoms with Crippen molar-refractivity contribution in [1.29, 1.82) is 0 Å². The van der Waals surface area contributed by atoms with Gasteiger partial charge in [-0.3, -0.25) is 4.79 Å². The summed E-state index contributed by atoms with van der Waals surface area (Å²) >= 11 is 0. The van der Waals surface area contributed by atoms with Crippen molar-refractivity contribution in [3.63, 3.8) is 0 Å². The largest absolute Gasteiger partial charge is 0.352 e. The molecule has 160 valence electrons. The third-order valence-electron chi connectivity index (χ3n) is 5.93. The summed E-state index contributed by atoms with van der Waals surface area (Å²) in [7, 11) is 0. The fourth-order valence-corrected chi connectivity index (χ4v) is 3.99. The monoisotopic (exact) mass is 414 g/mol. The zero-order chi connectivity index (χ0) is 21.6. The minimum atomic E-state index is -0.0407. The van der Waals surface area contributed by atoms with Gasteiger partial charge in [-0.2, -0.15) is 0 Å². The number of nitrogens with zero attached hydrogens (tertiary/aromatic N) is 3. The summed E-state index contributed by atoms with van der Waals surface area (Å²) < 4.78 is 0. The summed E-state index contributed by atoms with van der Waals surface area (Å²) in [5.74, 6) is 1.28. The molecule has 4 rings (SSSR count). The van der Waals surface area contributed by atoms with Gasteiger partial charge < -0.3 is 10.2 Å². The standard InChI is InChI=1S/C26H30N4O/c1-19(2)21-12-10-20(11-13-21)15-27-25(31)23-9-6-14-30(18-23)26-28-16-24(17-29-26)22-7-4-3-5-8-22/h3-5,7-8,10-13,16-17,19,23H,6,9,14-15,18H2,1-2H3,(H,27,31)/t23-/m1/s1. The Labute approximate surface area is 184 Å². The highest BCUT2D eigenvalue weighted by atomic mass is 16.1. The molecule has 1 saturated heterocycles. The van der Waals surface area contributed by atoms with E-state index in [1.807, 2.05) is 30.6 Å². The minimum absolute atomic E-state index is 0.0407. The summed E-state index contributed by atoms with van der Waals surface area (Å²) in [5.41, 5.74) is 4.55. The number of amides is 1. The van der Waals surface area contributed by atoms with Gasteiger partial charge in [0, 0.05) is 37.6 Å². The molecule has 1 amide bonds. The first-order chi connectivity index (χ1) is 15.1. The number of anilines is 1. The van der Waals surface area contributed by atoms with Crippen molar-refractivity contribution in [2.24, 2.45) is 5.92 Å². The maximum Gasteiger partial charge on any atom is 0.225 e. The predicted octanol–water partition coefficient (Wildman–Crippen LogP) is 4.80. The SMILES string of the molecule is CC(C)c1ccc(CNC(=O)[C@@H]2CCCN(c3ncc(-c4ccccc4)cn3)C2)cc1. The Morgan fingerprint density at radius 3 is 2.42 bits per heavy atom. The first-order valence-corrected chi connectivity index (χ1v) is 11.1. The molecule has 2 aromatic carbocycles. The van der Waals surface area contributed by atoms with Gasteiger partial charge in [0.05, 0.1) is 5.92 Å². The second kappa shape index (κ2) is 9.73. The summed E-state index contributed by atoms with van der Waals surface area (Å²) in [4.78, 5) is 24.1. The Kier molecular flexibility index (Phi) is 6.60. The third kappa shape index (κ3) is 5.29. The third-order valence-corrected chi connectivity index (χ3v) is 5.93. The topological polar surface area (TPSA) is 58.1 Å². The minimum Gasteiger partial charge on any atom is -0.352 e. The Morgan fingerprint density at radius 1 is 1.03 bits per heavy atom. The number of carbonyl (C=O) groups is 1. The highest BCUT2D eigenvalue weighted by Gasteiger charge is 2.27. The van der Waals surface area contributed by atoms with Crippen molar-refractivity contribution in [3.05, 3.63) is 78.1 Å². The van der Waals surface area contributed by atoms with Crippen LogP contribution in [0, 0.1) is 5.92 Å². The molecule has 1 aliphatic heterocycles. The predicted molar refractivity (Wildman–Crippen MR) is 125 cm³/mol. The van der Waals surface area contributed by atoms with Crippen LogP contribution in [0.5, 0.6) is 0 Å². The highest BCUT2D eigenvalue weighted by molar-refractivity contribution is 5.79. The number of aromatic nitrogens is 2. The first-order valence-electron chi connectivity index (χ1n) is 11.1. The second-order valence-corrected chi connectivity index (χ2v) is 8.54. The molecule has 0 radical (unpaired) electrons. The van der Waals surface area contributed by atoms with E-state index < -0.39 is 0 Å². The van der Waals surface area contributed by atoms with Gasteiger partial charge in [0.15, 0.2) is 0 Å². The van der Waals surface area contributed by atoms with Gasteiger partial charge in [-0.25, -0.2) is 9.97 Å². The molecular weight excluding hydrogens is 384 g/mol. The lowest BCUT2D eigenvalue weighted by Gasteiger charge is -2.32. The number of piperidine rings is 1. The van der Waals surface area contributed by atoms with Crippen molar-refractivity contribution in [2.75, 3.05) is 18.0 Å². The molecule has 0 spiro atoms. The Morgan fingerprint density at radius 2 is 1.74 bits per heavy atom. The van der Waals surface area contributed by atoms with Crippen LogP contribution in [0.4, 0.5) is 5.95 Å². The molecule has 1 fully saturated rings. The lowest BCUT2D eigenvalue weighted by Crippen LogP contribution is -2.43. The van der Waals surface area contributed by atoms with Crippen molar-refractivity contribution in [3.8, 4) is 11.1 Å². The molecule has 0 aliphatic carbocycles. The summed E-state index contributed by atoms with van der Waals surface area (Å²) in [6.45, 7) is 6.47. The van der Waals surface area contributed by atoms with Crippen LogP contribution in [0.3, 0.4) is 0 Å². The van der Waals surface area contributed by atoms with Gasteiger partial charge in [0.1, 0.15) is 0 Å². The lowest BCUT2D eigenvalue weighted by atomic mass is 9.97. The van der Waals surface area contributed by atoms with Crippen molar-refractivity contribution in [2.45, 2.75) is 39.2 Å². The normalized spacial score (nSPS) is 16.4. The molecule has 0 unspecified atom stereocenters. The molecule has 2 heterocycles. The van der Waals surface area contributed by atoms with Gasteiger partial charge in [0.2, 0.25) is 11.9 Å². The molecule has 0 bridgehead atoms. The maximum atomic E-state index is 12.8. The van der Waals surface area contributed by atoms with Crippen LogP contribution >= 0.6 is 0 Å². The van der Waals surface area contributed by atoms with E-state index in [0.29, 0.717) is 25.0 Å². The van der Waals surface area contributed by atoms with E-state index >= 15 is 0 Å². The van der Waals surface area contributed by atoms with Crippen LogP contribution in [0.15, 0.2) is 67.0 Å². The number of hydrogen-bond acceptors (Lipinski definition) is 4. The molecule has 31 heavy (non-hydrogen) atoms.